The van der Waals surface area contributed by atoms with Gasteiger partial charge in [-0.15, -0.1) is 0 Å². The van der Waals surface area contributed by atoms with E-state index in [-0.39, 0.29) is 18.0 Å². The summed E-state index contributed by atoms with van der Waals surface area (Å²) in [5, 5.41) is 3.98. The molecule has 1 aromatic carbocycles. The van der Waals surface area contributed by atoms with Crippen LogP contribution in [-0.4, -0.2) is 30.9 Å². The zero-order chi connectivity index (χ0) is 13.0. The molecule has 1 amide bonds. The van der Waals surface area contributed by atoms with Crippen molar-refractivity contribution in [2.45, 2.75) is 25.9 Å². The molecule has 94 valence electrons. The van der Waals surface area contributed by atoms with Crippen LogP contribution in [0.4, 0.5) is 0 Å². The minimum absolute atomic E-state index is 0.0748. The van der Waals surface area contributed by atoms with Crippen molar-refractivity contribution in [3.8, 4) is 0 Å². The maximum Gasteiger partial charge on any atom is 0.238 e. The Balaban J connectivity index is 2.63. The van der Waals surface area contributed by atoms with Gasteiger partial charge in [-0.05, 0) is 31.5 Å². The van der Waals surface area contributed by atoms with E-state index >= 15 is 0 Å². The molecule has 0 bridgehead atoms. The second-order valence-corrected chi connectivity index (χ2v) is 4.83. The van der Waals surface area contributed by atoms with E-state index in [1.54, 1.807) is 19.0 Å². The monoisotopic (exact) mass is 254 g/mol. The molecule has 0 saturated carbocycles. The number of rotatable bonds is 4. The SMILES string of the molecule is CC(N[C@@H](C)c1ccc(Cl)cc1)C(=O)N(C)C. The Bertz CT molecular complexity index is 376. The van der Waals surface area contributed by atoms with E-state index < -0.39 is 0 Å². The lowest BCUT2D eigenvalue weighted by atomic mass is 10.1. The highest BCUT2D eigenvalue weighted by Gasteiger charge is 2.17. The van der Waals surface area contributed by atoms with Gasteiger partial charge in [0.15, 0.2) is 0 Å². The molecule has 1 unspecified atom stereocenters. The summed E-state index contributed by atoms with van der Waals surface area (Å²) in [6, 6.07) is 7.56. The van der Waals surface area contributed by atoms with Crippen LogP contribution in [0.5, 0.6) is 0 Å². The Morgan fingerprint density at radius 3 is 2.24 bits per heavy atom. The van der Waals surface area contributed by atoms with E-state index in [2.05, 4.69) is 5.32 Å². The summed E-state index contributed by atoms with van der Waals surface area (Å²) in [5.41, 5.74) is 1.12. The fraction of sp³-hybridized carbons (Fsp3) is 0.462. The predicted molar refractivity (Wildman–Crippen MR) is 71.2 cm³/mol. The molecule has 1 N–H and O–H groups in total. The van der Waals surface area contributed by atoms with Gasteiger partial charge in [-0.3, -0.25) is 10.1 Å². The van der Waals surface area contributed by atoms with Crippen LogP contribution in [0.3, 0.4) is 0 Å². The van der Waals surface area contributed by atoms with E-state index in [9.17, 15) is 4.79 Å². The van der Waals surface area contributed by atoms with Gasteiger partial charge >= 0.3 is 0 Å². The first-order valence-corrected chi connectivity index (χ1v) is 6.02. The molecule has 0 aliphatic rings. The Labute approximate surface area is 108 Å². The number of amides is 1. The topological polar surface area (TPSA) is 32.3 Å². The van der Waals surface area contributed by atoms with Gasteiger partial charge in [0.05, 0.1) is 6.04 Å². The van der Waals surface area contributed by atoms with E-state index in [0.29, 0.717) is 0 Å². The zero-order valence-electron chi connectivity index (χ0n) is 10.7. The molecule has 1 aromatic rings. The van der Waals surface area contributed by atoms with Gasteiger partial charge in [-0.2, -0.15) is 0 Å². The fourth-order valence-corrected chi connectivity index (χ4v) is 1.81. The first kappa shape index (κ1) is 14.0. The molecule has 1 rings (SSSR count). The first-order valence-electron chi connectivity index (χ1n) is 5.64. The second kappa shape index (κ2) is 6.03. The zero-order valence-corrected chi connectivity index (χ0v) is 11.5. The summed E-state index contributed by atoms with van der Waals surface area (Å²) < 4.78 is 0. The summed E-state index contributed by atoms with van der Waals surface area (Å²) in [5.74, 6) is 0.0748. The molecule has 0 radical (unpaired) electrons. The predicted octanol–water partition coefficient (Wildman–Crippen LogP) is 2.47. The smallest absolute Gasteiger partial charge is 0.238 e. The Kier molecular flexibility index (Phi) is 4.97. The van der Waals surface area contributed by atoms with Crippen LogP contribution >= 0.6 is 11.6 Å². The van der Waals surface area contributed by atoms with Crippen molar-refractivity contribution in [3.05, 3.63) is 34.9 Å². The lowest BCUT2D eigenvalue weighted by molar-refractivity contribution is -0.130. The third-order valence-corrected chi connectivity index (χ3v) is 2.93. The largest absolute Gasteiger partial charge is 0.347 e. The molecule has 0 spiro atoms. The van der Waals surface area contributed by atoms with E-state index in [4.69, 9.17) is 11.6 Å². The van der Waals surface area contributed by atoms with Gasteiger partial charge < -0.3 is 4.90 Å². The van der Waals surface area contributed by atoms with Crippen molar-refractivity contribution in [2.75, 3.05) is 14.1 Å². The molecule has 0 heterocycles. The quantitative estimate of drug-likeness (QED) is 0.895. The Morgan fingerprint density at radius 1 is 1.24 bits per heavy atom. The highest BCUT2D eigenvalue weighted by molar-refractivity contribution is 6.30. The molecular formula is C13H19ClN2O. The fourth-order valence-electron chi connectivity index (χ4n) is 1.68. The Hall–Kier alpha value is -1.06. The molecule has 2 atom stereocenters. The van der Waals surface area contributed by atoms with Crippen LogP contribution in [0.15, 0.2) is 24.3 Å². The summed E-state index contributed by atoms with van der Waals surface area (Å²) in [7, 11) is 3.51. The number of nitrogens with zero attached hydrogens (tertiary/aromatic N) is 1. The van der Waals surface area contributed by atoms with Crippen LogP contribution in [-0.2, 0) is 4.79 Å². The molecule has 0 aliphatic heterocycles. The minimum atomic E-state index is -0.198. The van der Waals surface area contributed by atoms with Crippen molar-refractivity contribution < 1.29 is 4.79 Å². The van der Waals surface area contributed by atoms with Gasteiger partial charge in [0.2, 0.25) is 5.91 Å². The van der Waals surface area contributed by atoms with Crippen molar-refractivity contribution in [1.82, 2.24) is 10.2 Å². The number of carbonyl (C=O) groups is 1. The van der Waals surface area contributed by atoms with Crippen molar-refractivity contribution in [1.29, 1.82) is 0 Å². The summed E-state index contributed by atoms with van der Waals surface area (Å²) in [4.78, 5) is 13.3. The number of benzene rings is 1. The number of likely N-dealkylation sites (N-methyl/N-ethyl adjacent to an activating group) is 1. The van der Waals surface area contributed by atoms with Gasteiger partial charge in [-0.1, -0.05) is 23.7 Å². The summed E-state index contributed by atoms with van der Waals surface area (Å²) in [6.45, 7) is 3.90. The highest BCUT2D eigenvalue weighted by atomic mass is 35.5. The molecular weight excluding hydrogens is 236 g/mol. The van der Waals surface area contributed by atoms with Crippen LogP contribution in [0, 0.1) is 0 Å². The Morgan fingerprint density at radius 2 is 1.76 bits per heavy atom. The number of hydrogen-bond acceptors (Lipinski definition) is 2. The van der Waals surface area contributed by atoms with Crippen LogP contribution < -0.4 is 5.32 Å². The van der Waals surface area contributed by atoms with E-state index in [1.807, 2.05) is 38.1 Å². The molecule has 4 heteroatoms. The molecule has 0 aromatic heterocycles. The molecule has 0 aliphatic carbocycles. The van der Waals surface area contributed by atoms with Gasteiger partial charge in [0, 0.05) is 25.2 Å². The molecule has 0 fully saturated rings. The van der Waals surface area contributed by atoms with Crippen LogP contribution in [0.25, 0.3) is 0 Å². The first-order chi connectivity index (χ1) is 7.91. The van der Waals surface area contributed by atoms with Gasteiger partial charge in [0.1, 0.15) is 0 Å². The van der Waals surface area contributed by atoms with Gasteiger partial charge in [-0.25, -0.2) is 0 Å². The highest BCUT2D eigenvalue weighted by Crippen LogP contribution is 2.16. The normalized spacial score (nSPS) is 14.2. The number of carbonyl (C=O) groups excluding carboxylic acids is 1. The standard InChI is InChI=1S/C13H19ClN2O/c1-9(11-5-7-12(14)8-6-11)15-10(2)13(17)16(3)4/h5-10,15H,1-4H3/t9-,10?/m0/s1. The van der Waals surface area contributed by atoms with Crippen LogP contribution in [0.1, 0.15) is 25.5 Å². The average Bonchev–Trinajstić information content (AvgIpc) is 2.28. The maximum absolute atomic E-state index is 11.7. The lowest BCUT2D eigenvalue weighted by Crippen LogP contribution is -2.42. The summed E-state index contributed by atoms with van der Waals surface area (Å²) >= 11 is 5.83. The van der Waals surface area contributed by atoms with Crippen molar-refractivity contribution >= 4 is 17.5 Å². The number of nitrogens with one attached hydrogen (secondary N) is 1. The molecule has 17 heavy (non-hydrogen) atoms. The third kappa shape index (κ3) is 4.02. The number of hydrogen-bond donors (Lipinski definition) is 1. The van der Waals surface area contributed by atoms with Crippen molar-refractivity contribution in [2.24, 2.45) is 0 Å². The number of halogens is 1. The maximum atomic E-state index is 11.7. The third-order valence-electron chi connectivity index (χ3n) is 2.68. The average molecular weight is 255 g/mol. The van der Waals surface area contributed by atoms with Crippen molar-refractivity contribution in [3.63, 3.8) is 0 Å². The van der Waals surface area contributed by atoms with E-state index in [1.165, 1.54) is 0 Å². The van der Waals surface area contributed by atoms with Gasteiger partial charge in [0.25, 0.3) is 0 Å². The van der Waals surface area contributed by atoms with Crippen LogP contribution in [0.2, 0.25) is 5.02 Å². The van der Waals surface area contributed by atoms with E-state index in [0.717, 1.165) is 10.6 Å². The summed E-state index contributed by atoms with van der Waals surface area (Å²) in [6.07, 6.45) is 0. The lowest BCUT2D eigenvalue weighted by Gasteiger charge is -2.22. The second-order valence-electron chi connectivity index (χ2n) is 4.39. The molecule has 0 saturated heterocycles. The molecule has 3 nitrogen and oxygen atoms in total. The minimum Gasteiger partial charge on any atom is -0.347 e.